The summed E-state index contributed by atoms with van der Waals surface area (Å²) in [7, 11) is 1.32. The summed E-state index contributed by atoms with van der Waals surface area (Å²) >= 11 is 0. The van der Waals surface area contributed by atoms with Crippen molar-refractivity contribution in [3.8, 4) is 0 Å². The number of esters is 1. The molecule has 0 aliphatic rings. The van der Waals surface area contributed by atoms with Crippen LogP contribution in [0.1, 0.15) is 33.7 Å². The molecule has 0 aromatic carbocycles. The molecule has 0 spiro atoms. The third kappa shape index (κ3) is 3.23. The number of furan rings is 1. The lowest BCUT2D eigenvalue weighted by molar-refractivity contribution is 0.0563. The molecule has 2 rings (SSSR count). The Morgan fingerprint density at radius 1 is 1.32 bits per heavy atom. The molecule has 0 atom stereocenters. The quantitative estimate of drug-likeness (QED) is 0.832. The van der Waals surface area contributed by atoms with Gasteiger partial charge in [0.25, 0.3) is 0 Å². The van der Waals surface area contributed by atoms with Crippen molar-refractivity contribution in [1.82, 2.24) is 10.3 Å². The first-order chi connectivity index (χ1) is 9.10. The Bertz CT molecular complexity index is 551. The van der Waals surface area contributed by atoms with Crippen LogP contribution >= 0.6 is 0 Å². The monoisotopic (exact) mass is 264 g/mol. The molecular formula is C13H16N2O4. The van der Waals surface area contributed by atoms with Crippen LogP contribution in [0.2, 0.25) is 0 Å². The lowest BCUT2D eigenvalue weighted by Crippen LogP contribution is -2.12. The summed E-state index contributed by atoms with van der Waals surface area (Å²) in [5.41, 5.74) is 0.891. The van der Waals surface area contributed by atoms with Gasteiger partial charge in [-0.3, -0.25) is 0 Å². The first-order valence-corrected chi connectivity index (χ1v) is 5.91. The Hall–Kier alpha value is -2.08. The van der Waals surface area contributed by atoms with Gasteiger partial charge in [0, 0.05) is 0 Å². The third-order valence-electron chi connectivity index (χ3n) is 2.70. The predicted octanol–water partition coefficient (Wildman–Crippen LogP) is 1.96. The van der Waals surface area contributed by atoms with Gasteiger partial charge < -0.3 is 18.9 Å². The van der Waals surface area contributed by atoms with Gasteiger partial charge in [-0.15, -0.1) is 0 Å². The number of nitrogens with one attached hydrogen (secondary N) is 1. The summed E-state index contributed by atoms with van der Waals surface area (Å²) in [4.78, 5) is 15.5. The molecule has 0 aliphatic heterocycles. The molecule has 2 aromatic rings. The zero-order chi connectivity index (χ0) is 13.8. The van der Waals surface area contributed by atoms with Crippen molar-refractivity contribution < 1.29 is 18.4 Å². The van der Waals surface area contributed by atoms with Crippen molar-refractivity contribution in [3.63, 3.8) is 0 Å². The Balaban J connectivity index is 1.85. The van der Waals surface area contributed by atoms with Crippen LogP contribution in [0.25, 0.3) is 0 Å². The normalized spacial score (nSPS) is 10.7. The summed E-state index contributed by atoms with van der Waals surface area (Å²) in [5.74, 6) is 1.82. The van der Waals surface area contributed by atoms with E-state index in [9.17, 15) is 4.79 Å². The van der Waals surface area contributed by atoms with E-state index in [0.717, 1.165) is 11.5 Å². The van der Waals surface area contributed by atoms with Crippen LogP contribution in [-0.4, -0.2) is 18.1 Å². The number of hydrogen-bond acceptors (Lipinski definition) is 6. The average Bonchev–Trinajstić information content (AvgIpc) is 2.97. The Labute approximate surface area is 110 Å². The van der Waals surface area contributed by atoms with Gasteiger partial charge >= 0.3 is 5.97 Å². The fourth-order valence-electron chi connectivity index (χ4n) is 1.59. The predicted molar refractivity (Wildman–Crippen MR) is 66.6 cm³/mol. The molecule has 0 radical (unpaired) electrons. The molecule has 0 unspecified atom stereocenters. The summed E-state index contributed by atoms with van der Waals surface area (Å²) in [6, 6.07) is 3.31. The summed E-state index contributed by atoms with van der Waals surface area (Å²) < 4.78 is 15.3. The minimum Gasteiger partial charge on any atom is -0.463 e. The van der Waals surface area contributed by atoms with Crippen LogP contribution in [0.4, 0.5) is 0 Å². The third-order valence-corrected chi connectivity index (χ3v) is 2.70. The second-order valence-corrected chi connectivity index (χ2v) is 4.11. The molecule has 0 saturated heterocycles. The van der Waals surface area contributed by atoms with E-state index >= 15 is 0 Å². The van der Waals surface area contributed by atoms with Crippen molar-refractivity contribution in [2.45, 2.75) is 26.9 Å². The highest BCUT2D eigenvalue weighted by Gasteiger charge is 2.11. The van der Waals surface area contributed by atoms with E-state index < -0.39 is 5.97 Å². The van der Waals surface area contributed by atoms with Crippen molar-refractivity contribution >= 4 is 5.97 Å². The van der Waals surface area contributed by atoms with E-state index in [-0.39, 0.29) is 5.76 Å². The van der Waals surface area contributed by atoms with Crippen molar-refractivity contribution in [1.29, 1.82) is 0 Å². The summed E-state index contributed by atoms with van der Waals surface area (Å²) in [6.45, 7) is 4.76. The maximum atomic E-state index is 11.2. The number of rotatable bonds is 5. The Kier molecular flexibility index (Phi) is 4.01. The van der Waals surface area contributed by atoms with E-state index in [1.807, 2.05) is 13.8 Å². The smallest absolute Gasteiger partial charge is 0.373 e. The minimum absolute atomic E-state index is 0.196. The Morgan fingerprint density at radius 2 is 2.11 bits per heavy atom. The second kappa shape index (κ2) is 5.71. The van der Waals surface area contributed by atoms with E-state index in [4.69, 9.17) is 8.83 Å². The lowest BCUT2D eigenvalue weighted by atomic mass is 10.4. The van der Waals surface area contributed by atoms with Crippen LogP contribution in [0, 0.1) is 13.8 Å². The number of methoxy groups -OCH3 is 1. The molecule has 0 bridgehead atoms. The van der Waals surface area contributed by atoms with E-state index in [1.165, 1.54) is 7.11 Å². The number of aryl methyl sites for hydroxylation is 2. The second-order valence-electron chi connectivity index (χ2n) is 4.11. The SMILES string of the molecule is COC(=O)c1ccc(CNCc2nc(C)c(C)o2)o1. The molecule has 1 N–H and O–H groups in total. The highest BCUT2D eigenvalue weighted by molar-refractivity contribution is 5.86. The molecule has 0 aliphatic carbocycles. The van der Waals surface area contributed by atoms with Gasteiger partial charge in [0.1, 0.15) is 11.5 Å². The number of hydrogen-bond donors (Lipinski definition) is 1. The largest absolute Gasteiger partial charge is 0.463 e. The fraction of sp³-hybridized carbons (Fsp3) is 0.385. The summed E-state index contributed by atoms with van der Waals surface area (Å²) in [6.07, 6.45) is 0. The average molecular weight is 264 g/mol. The number of ether oxygens (including phenoxy) is 1. The molecule has 2 heterocycles. The molecule has 19 heavy (non-hydrogen) atoms. The molecule has 0 amide bonds. The van der Waals surface area contributed by atoms with Gasteiger partial charge in [0.05, 0.1) is 25.9 Å². The van der Waals surface area contributed by atoms with Crippen molar-refractivity contribution in [3.05, 3.63) is 41.0 Å². The molecule has 6 nitrogen and oxygen atoms in total. The van der Waals surface area contributed by atoms with E-state index in [1.54, 1.807) is 12.1 Å². The van der Waals surface area contributed by atoms with Gasteiger partial charge in [-0.05, 0) is 26.0 Å². The van der Waals surface area contributed by atoms with Gasteiger partial charge in [0.2, 0.25) is 11.7 Å². The van der Waals surface area contributed by atoms with Gasteiger partial charge in [-0.25, -0.2) is 9.78 Å². The van der Waals surface area contributed by atoms with Gasteiger partial charge in [0.15, 0.2) is 0 Å². The van der Waals surface area contributed by atoms with Crippen molar-refractivity contribution in [2.24, 2.45) is 0 Å². The number of carbonyl (C=O) groups is 1. The van der Waals surface area contributed by atoms with E-state index in [0.29, 0.717) is 24.7 Å². The number of oxazole rings is 1. The zero-order valence-electron chi connectivity index (χ0n) is 11.1. The van der Waals surface area contributed by atoms with Gasteiger partial charge in [-0.1, -0.05) is 0 Å². The van der Waals surface area contributed by atoms with Gasteiger partial charge in [-0.2, -0.15) is 0 Å². The molecular weight excluding hydrogens is 248 g/mol. The standard InChI is InChI=1S/C13H16N2O4/c1-8-9(2)18-12(15-8)7-14-6-10-4-5-11(19-10)13(16)17-3/h4-5,14H,6-7H2,1-3H3. The lowest BCUT2D eigenvalue weighted by Gasteiger charge is -1.99. The first kappa shape index (κ1) is 13.4. The van der Waals surface area contributed by atoms with Crippen LogP contribution in [-0.2, 0) is 17.8 Å². The molecule has 0 fully saturated rings. The maximum Gasteiger partial charge on any atom is 0.373 e. The van der Waals surface area contributed by atoms with Crippen molar-refractivity contribution in [2.75, 3.05) is 7.11 Å². The molecule has 0 saturated carbocycles. The fourth-order valence-corrected chi connectivity index (χ4v) is 1.59. The highest BCUT2D eigenvalue weighted by atomic mass is 16.5. The number of aromatic nitrogens is 1. The number of nitrogens with zero attached hydrogens (tertiary/aromatic N) is 1. The molecule has 102 valence electrons. The molecule has 6 heteroatoms. The minimum atomic E-state index is -0.481. The summed E-state index contributed by atoms with van der Waals surface area (Å²) in [5, 5.41) is 3.13. The highest BCUT2D eigenvalue weighted by Crippen LogP contribution is 2.10. The maximum absolute atomic E-state index is 11.2. The first-order valence-electron chi connectivity index (χ1n) is 5.91. The zero-order valence-corrected chi connectivity index (χ0v) is 11.1. The Morgan fingerprint density at radius 3 is 2.74 bits per heavy atom. The van der Waals surface area contributed by atoms with Crippen LogP contribution in [0.3, 0.4) is 0 Å². The van der Waals surface area contributed by atoms with Crippen LogP contribution in [0.5, 0.6) is 0 Å². The van der Waals surface area contributed by atoms with E-state index in [2.05, 4.69) is 15.0 Å². The molecule has 2 aromatic heterocycles. The number of carbonyl (C=O) groups excluding carboxylic acids is 1. The van der Waals surface area contributed by atoms with Crippen LogP contribution < -0.4 is 5.32 Å². The topological polar surface area (TPSA) is 77.5 Å². The van der Waals surface area contributed by atoms with Crippen LogP contribution in [0.15, 0.2) is 21.0 Å².